The van der Waals surface area contributed by atoms with Gasteiger partial charge in [0.2, 0.25) is 0 Å². The van der Waals surface area contributed by atoms with Crippen LogP contribution in [0, 0.1) is 11.8 Å². The zero-order valence-corrected chi connectivity index (χ0v) is 13.8. The molecule has 1 aromatic carbocycles. The summed E-state index contributed by atoms with van der Waals surface area (Å²) in [7, 11) is 0. The largest absolute Gasteiger partial charge is 0.394 e. The summed E-state index contributed by atoms with van der Waals surface area (Å²) in [5.74, 6) is 7.00. The van der Waals surface area contributed by atoms with Gasteiger partial charge in [0.25, 0.3) is 0 Å². The summed E-state index contributed by atoms with van der Waals surface area (Å²) in [6.45, 7) is 2.32. The third-order valence-corrected chi connectivity index (χ3v) is 4.73. The minimum Gasteiger partial charge on any atom is -0.394 e. The lowest BCUT2D eigenvalue weighted by Crippen LogP contribution is -2.40. The highest BCUT2D eigenvalue weighted by atomic mass is 16.3. The molecule has 2 heteroatoms. The number of benzene rings is 1. The number of aliphatic hydroxyl groups excluding tert-OH is 1. The standard InChI is InChI=1S/C20H29NO/c1-2-3-4-5-6-7-8-17-9-11-18(12-10-17)19-13-14-20(21,15-19)16-22/h9-12,19,22H,2-6,13-16,21H2,1H3/t19-,20+/m1/s1. The van der Waals surface area contributed by atoms with Crippen LogP contribution >= 0.6 is 0 Å². The van der Waals surface area contributed by atoms with Gasteiger partial charge in [-0.05, 0) is 49.3 Å². The number of hydrogen-bond donors (Lipinski definition) is 2. The van der Waals surface area contributed by atoms with Crippen LogP contribution in [0.3, 0.4) is 0 Å². The number of hydrogen-bond acceptors (Lipinski definition) is 2. The van der Waals surface area contributed by atoms with Gasteiger partial charge in [0.1, 0.15) is 0 Å². The second-order valence-corrected chi connectivity index (χ2v) is 6.69. The lowest BCUT2D eigenvalue weighted by Gasteiger charge is -2.20. The fourth-order valence-corrected chi connectivity index (χ4v) is 3.23. The van der Waals surface area contributed by atoms with E-state index in [2.05, 4.69) is 43.0 Å². The molecule has 1 aliphatic rings. The van der Waals surface area contributed by atoms with Crippen LogP contribution < -0.4 is 5.73 Å². The Morgan fingerprint density at radius 2 is 2.00 bits per heavy atom. The molecule has 2 nitrogen and oxygen atoms in total. The van der Waals surface area contributed by atoms with Crippen LogP contribution in [0.5, 0.6) is 0 Å². The fraction of sp³-hybridized carbons (Fsp3) is 0.600. The lowest BCUT2D eigenvalue weighted by molar-refractivity contribution is 0.198. The summed E-state index contributed by atoms with van der Waals surface area (Å²) in [4.78, 5) is 0. The average molecular weight is 299 g/mol. The number of rotatable bonds is 6. The van der Waals surface area contributed by atoms with E-state index >= 15 is 0 Å². The summed E-state index contributed by atoms with van der Waals surface area (Å²) in [6, 6.07) is 8.58. The highest BCUT2D eigenvalue weighted by Crippen LogP contribution is 2.39. The van der Waals surface area contributed by atoms with Gasteiger partial charge in [0, 0.05) is 17.5 Å². The van der Waals surface area contributed by atoms with E-state index < -0.39 is 0 Å². The van der Waals surface area contributed by atoms with Crippen LogP contribution in [-0.2, 0) is 0 Å². The van der Waals surface area contributed by atoms with Crippen LogP contribution in [0.25, 0.3) is 0 Å². The average Bonchev–Trinajstić information content (AvgIpc) is 2.94. The molecule has 2 atom stereocenters. The molecule has 0 radical (unpaired) electrons. The molecule has 0 spiro atoms. The summed E-state index contributed by atoms with van der Waals surface area (Å²) in [5, 5.41) is 9.37. The molecule has 0 heterocycles. The number of aliphatic hydroxyl groups is 1. The summed E-state index contributed by atoms with van der Waals surface area (Å²) in [6.07, 6.45) is 8.94. The van der Waals surface area contributed by atoms with Gasteiger partial charge in [-0.15, -0.1) is 0 Å². The maximum atomic E-state index is 9.37. The molecule has 22 heavy (non-hydrogen) atoms. The van der Waals surface area contributed by atoms with Crippen molar-refractivity contribution in [1.29, 1.82) is 0 Å². The van der Waals surface area contributed by atoms with Gasteiger partial charge in [-0.25, -0.2) is 0 Å². The quantitative estimate of drug-likeness (QED) is 0.617. The first-order chi connectivity index (χ1) is 10.7. The zero-order chi connectivity index (χ0) is 15.8. The molecule has 0 amide bonds. The Kier molecular flexibility index (Phi) is 6.49. The molecule has 1 fully saturated rings. The van der Waals surface area contributed by atoms with E-state index in [1.165, 1.54) is 31.2 Å². The second kappa shape index (κ2) is 8.36. The van der Waals surface area contributed by atoms with Crippen LogP contribution in [0.4, 0.5) is 0 Å². The van der Waals surface area contributed by atoms with Crippen molar-refractivity contribution in [3.63, 3.8) is 0 Å². The zero-order valence-electron chi connectivity index (χ0n) is 13.8. The van der Waals surface area contributed by atoms with E-state index in [0.29, 0.717) is 5.92 Å². The molecule has 0 unspecified atom stereocenters. The van der Waals surface area contributed by atoms with E-state index in [1.54, 1.807) is 0 Å². The van der Waals surface area contributed by atoms with Gasteiger partial charge < -0.3 is 10.8 Å². The summed E-state index contributed by atoms with van der Waals surface area (Å²) in [5.41, 5.74) is 8.21. The van der Waals surface area contributed by atoms with Crippen LogP contribution in [0.1, 0.15) is 75.3 Å². The monoisotopic (exact) mass is 299 g/mol. The molecule has 120 valence electrons. The van der Waals surface area contributed by atoms with E-state index in [0.717, 1.165) is 31.2 Å². The number of nitrogens with two attached hydrogens (primary N) is 1. The molecule has 1 aromatic rings. The van der Waals surface area contributed by atoms with Crippen LogP contribution in [0.15, 0.2) is 24.3 Å². The first kappa shape index (κ1) is 17.1. The van der Waals surface area contributed by atoms with Crippen molar-refractivity contribution < 1.29 is 5.11 Å². The molecule has 1 aliphatic carbocycles. The van der Waals surface area contributed by atoms with E-state index in [9.17, 15) is 5.11 Å². The minimum absolute atomic E-state index is 0.0884. The number of unbranched alkanes of at least 4 members (excludes halogenated alkanes) is 4. The van der Waals surface area contributed by atoms with Crippen molar-refractivity contribution in [3.8, 4) is 11.8 Å². The topological polar surface area (TPSA) is 46.2 Å². The SMILES string of the molecule is CCCCCCC#Cc1ccc([C@@H]2CC[C@@](N)(CO)C2)cc1. The first-order valence-electron chi connectivity index (χ1n) is 8.65. The maximum Gasteiger partial charge on any atom is 0.0611 e. The van der Waals surface area contributed by atoms with Crippen molar-refractivity contribution in [2.75, 3.05) is 6.61 Å². The van der Waals surface area contributed by atoms with Gasteiger partial charge >= 0.3 is 0 Å². The van der Waals surface area contributed by atoms with Gasteiger partial charge in [-0.3, -0.25) is 0 Å². The van der Waals surface area contributed by atoms with Gasteiger partial charge in [-0.2, -0.15) is 0 Å². The molecular formula is C20H29NO. The van der Waals surface area contributed by atoms with Crippen molar-refractivity contribution in [2.45, 2.75) is 69.7 Å². The Balaban J connectivity index is 1.85. The van der Waals surface area contributed by atoms with Crippen molar-refractivity contribution in [3.05, 3.63) is 35.4 Å². The Morgan fingerprint density at radius 1 is 1.23 bits per heavy atom. The van der Waals surface area contributed by atoms with Crippen LogP contribution in [-0.4, -0.2) is 17.3 Å². The highest BCUT2D eigenvalue weighted by Gasteiger charge is 2.35. The summed E-state index contributed by atoms with van der Waals surface area (Å²) < 4.78 is 0. The third-order valence-electron chi connectivity index (χ3n) is 4.73. The Morgan fingerprint density at radius 3 is 2.64 bits per heavy atom. The molecule has 3 N–H and O–H groups in total. The molecule has 1 saturated carbocycles. The minimum atomic E-state index is -0.373. The van der Waals surface area contributed by atoms with E-state index in [4.69, 9.17) is 5.73 Å². The molecule has 0 saturated heterocycles. The smallest absolute Gasteiger partial charge is 0.0611 e. The third kappa shape index (κ3) is 4.87. The molecular weight excluding hydrogens is 270 g/mol. The Hall–Kier alpha value is -1.30. The highest BCUT2D eigenvalue weighted by molar-refractivity contribution is 5.37. The van der Waals surface area contributed by atoms with Crippen molar-refractivity contribution >= 4 is 0 Å². The lowest BCUT2D eigenvalue weighted by atomic mass is 9.93. The Labute approximate surface area is 135 Å². The van der Waals surface area contributed by atoms with Gasteiger partial charge in [0.05, 0.1) is 6.61 Å². The fourth-order valence-electron chi connectivity index (χ4n) is 3.23. The summed E-state index contributed by atoms with van der Waals surface area (Å²) >= 11 is 0. The van der Waals surface area contributed by atoms with E-state index in [-0.39, 0.29) is 12.1 Å². The molecule has 0 aromatic heterocycles. The van der Waals surface area contributed by atoms with Crippen LogP contribution in [0.2, 0.25) is 0 Å². The van der Waals surface area contributed by atoms with Crippen molar-refractivity contribution in [1.82, 2.24) is 0 Å². The molecule has 2 rings (SSSR count). The van der Waals surface area contributed by atoms with Gasteiger partial charge in [0.15, 0.2) is 0 Å². The molecule has 0 bridgehead atoms. The Bertz CT molecular complexity index is 511. The normalized spacial score (nSPS) is 24.0. The molecule has 0 aliphatic heterocycles. The maximum absolute atomic E-state index is 9.37. The van der Waals surface area contributed by atoms with Crippen molar-refractivity contribution in [2.24, 2.45) is 5.73 Å². The second-order valence-electron chi connectivity index (χ2n) is 6.69. The first-order valence-corrected chi connectivity index (χ1v) is 8.65. The van der Waals surface area contributed by atoms with E-state index in [1.807, 2.05) is 0 Å². The van der Waals surface area contributed by atoms with Gasteiger partial charge in [-0.1, -0.05) is 50.2 Å². The predicted molar refractivity (Wildman–Crippen MR) is 92.7 cm³/mol. The predicted octanol–water partition coefficient (Wildman–Crippen LogP) is 3.97.